The van der Waals surface area contributed by atoms with Gasteiger partial charge in [-0.05, 0) is 50.1 Å². The smallest absolute Gasteiger partial charge is 0.199 e. The topological polar surface area (TPSA) is 78.3 Å². The lowest BCUT2D eigenvalue weighted by Gasteiger charge is -2.30. The predicted molar refractivity (Wildman–Crippen MR) is 104 cm³/mol. The van der Waals surface area contributed by atoms with Gasteiger partial charge in [0.2, 0.25) is 0 Å². The maximum absolute atomic E-state index is 13.3. The van der Waals surface area contributed by atoms with Crippen molar-refractivity contribution in [1.29, 1.82) is 0 Å². The van der Waals surface area contributed by atoms with Crippen LogP contribution in [0.5, 0.6) is 5.75 Å². The molecular formula is C21H20N4O2. The number of hydrogen-bond acceptors (Lipinski definition) is 6. The number of hydrogen-bond donors (Lipinski definition) is 2. The highest BCUT2D eigenvalue weighted by molar-refractivity contribution is 6.27. The molecule has 6 nitrogen and oxygen atoms in total. The van der Waals surface area contributed by atoms with Crippen LogP contribution in [0.1, 0.15) is 35.7 Å². The number of phenolic OH excluding ortho intramolecular Hbond substituents is 1. The van der Waals surface area contributed by atoms with Crippen molar-refractivity contribution >= 4 is 22.5 Å². The fourth-order valence-electron chi connectivity index (χ4n) is 4.32. The van der Waals surface area contributed by atoms with Crippen molar-refractivity contribution < 1.29 is 9.90 Å². The quantitative estimate of drug-likeness (QED) is 0.585. The van der Waals surface area contributed by atoms with E-state index in [9.17, 15) is 9.90 Å². The molecule has 1 atom stereocenters. The van der Waals surface area contributed by atoms with Crippen LogP contribution in [-0.2, 0) is 0 Å². The van der Waals surface area contributed by atoms with Gasteiger partial charge in [0.15, 0.2) is 5.78 Å². The summed E-state index contributed by atoms with van der Waals surface area (Å²) in [4.78, 5) is 24.4. The summed E-state index contributed by atoms with van der Waals surface area (Å²) in [6.07, 6.45) is 5.64. The first kappa shape index (κ1) is 16.2. The van der Waals surface area contributed by atoms with Crippen molar-refractivity contribution in [3.05, 3.63) is 47.8 Å². The third-order valence-corrected chi connectivity index (χ3v) is 5.54. The van der Waals surface area contributed by atoms with Gasteiger partial charge in [-0.15, -0.1) is 0 Å². The van der Waals surface area contributed by atoms with Crippen molar-refractivity contribution in [3.63, 3.8) is 0 Å². The molecular weight excluding hydrogens is 340 g/mol. The van der Waals surface area contributed by atoms with E-state index in [2.05, 4.69) is 22.1 Å². The summed E-state index contributed by atoms with van der Waals surface area (Å²) in [5.74, 6) is 0.829. The van der Waals surface area contributed by atoms with Gasteiger partial charge >= 0.3 is 0 Å². The number of rotatable bonds is 3. The second kappa shape index (κ2) is 6.03. The lowest BCUT2D eigenvalue weighted by atomic mass is 10.0. The first-order valence-electron chi connectivity index (χ1n) is 9.35. The number of nitrogens with zero attached hydrogens (tertiary/aromatic N) is 3. The average molecular weight is 360 g/mol. The largest absolute Gasteiger partial charge is 0.508 e. The Morgan fingerprint density at radius 1 is 1.26 bits per heavy atom. The zero-order chi connectivity index (χ0) is 18.5. The van der Waals surface area contributed by atoms with Crippen LogP contribution in [0.2, 0.25) is 0 Å². The maximum Gasteiger partial charge on any atom is 0.199 e. The van der Waals surface area contributed by atoms with E-state index < -0.39 is 0 Å². The molecule has 2 N–H and O–H groups in total. The molecule has 2 aromatic heterocycles. The monoisotopic (exact) mass is 360 g/mol. The van der Waals surface area contributed by atoms with Gasteiger partial charge in [-0.3, -0.25) is 15.1 Å². The number of fused-ring (bicyclic) bond motifs is 5. The standard InChI is InChI=1S/C21H20N4O2/c1-2-25(17-4-3-8-23-17)21-19-18(13-7-9-22-11-15(13)20(19)27)14-6-5-12(26)10-16(14)24-21/h5-7,9-11,17,23,26H,2-4,8H2,1H3. The van der Waals surface area contributed by atoms with Crippen molar-refractivity contribution in [1.82, 2.24) is 15.3 Å². The normalized spacial score (nSPS) is 18.0. The van der Waals surface area contributed by atoms with Crippen LogP contribution in [-0.4, -0.2) is 40.1 Å². The highest BCUT2D eigenvalue weighted by Crippen LogP contribution is 2.45. The molecule has 2 aliphatic rings. The van der Waals surface area contributed by atoms with E-state index in [4.69, 9.17) is 4.98 Å². The summed E-state index contributed by atoms with van der Waals surface area (Å²) < 4.78 is 0. The van der Waals surface area contributed by atoms with E-state index >= 15 is 0 Å². The average Bonchev–Trinajstić information content (AvgIpc) is 3.30. The molecule has 3 aromatic rings. The minimum atomic E-state index is -0.0259. The van der Waals surface area contributed by atoms with Gasteiger partial charge in [-0.1, -0.05) is 0 Å². The van der Waals surface area contributed by atoms with Gasteiger partial charge in [-0.25, -0.2) is 4.98 Å². The fourth-order valence-corrected chi connectivity index (χ4v) is 4.32. The van der Waals surface area contributed by atoms with Gasteiger partial charge in [0.25, 0.3) is 0 Å². The van der Waals surface area contributed by atoms with Crippen LogP contribution in [0.3, 0.4) is 0 Å². The molecule has 0 bridgehead atoms. The van der Waals surface area contributed by atoms with Crippen LogP contribution in [0.15, 0.2) is 36.7 Å². The molecule has 5 rings (SSSR count). The molecule has 136 valence electrons. The van der Waals surface area contributed by atoms with E-state index in [1.807, 2.05) is 12.1 Å². The number of aromatic nitrogens is 2. The number of nitrogens with one attached hydrogen (secondary N) is 1. The molecule has 3 heterocycles. The Bertz CT molecular complexity index is 1070. The first-order valence-corrected chi connectivity index (χ1v) is 9.35. The van der Waals surface area contributed by atoms with Crippen LogP contribution < -0.4 is 10.2 Å². The Hall–Kier alpha value is -2.99. The zero-order valence-electron chi connectivity index (χ0n) is 15.1. The number of pyridine rings is 2. The molecule has 1 aliphatic carbocycles. The zero-order valence-corrected chi connectivity index (χ0v) is 15.1. The molecule has 1 saturated heterocycles. The summed E-state index contributed by atoms with van der Waals surface area (Å²) in [5, 5.41) is 14.4. The lowest BCUT2D eigenvalue weighted by Crippen LogP contribution is -2.43. The number of anilines is 1. The second-order valence-corrected chi connectivity index (χ2v) is 7.04. The number of benzene rings is 1. The van der Waals surface area contributed by atoms with Crippen molar-refractivity contribution in [2.45, 2.75) is 25.9 Å². The Labute approximate surface area is 156 Å². The van der Waals surface area contributed by atoms with Crippen molar-refractivity contribution in [3.8, 4) is 16.9 Å². The second-order valence-electron chi connectivity index (χ2n) is 7.04. The summed E-state index contributed by atoms with van der Waals surface area (Å²) in [5.41, 5.74) is 3.74. The molecule has 0 saturated carbocycles. The highest BCUT2D eigenvalue weighted by Gasteiger charge is 2.35. The molecule has 1 aliphatic heterocycles. The molecule has 0 spiro atoms. The van der Waals surface area contributed by atoms with E-state index in [1.165, 1.54) is 0 Å². The van der Waals surface area contributed by atoms with Crippen LogP contribution in [0.25, 0.3) is 22.0 Å². The molecule has 0 amide bonds. The van der Waals surface area contributed by atoms with Gasteiger partial charge in [0, 0.05) is 41.5 Å². The molecule has 1 aromatic carbocycles. The van der Waals surface area contributed by atoms with E-state index in [-0.39, 0.29) is 17.7 Å². The van der Waals surface area contributed by atoms with Crippen LogP contribution >= 0.6 is 0 Å². The third-order valence-electron chi connectivity index (χ3n) is 5.54. The van der Waals surface area contributed by atoms with E-state index in [0.717, 1.165) is 42.4 Å². The summed E-state index contributed by atoms with van der Waals surface area (Å²) >= 11 is 0. The Kier molecular flexibility index (Phi) is 3.62. The molecule has 1 unspecified atom stereocenters. The summed E-state index contributed by atoms with van der Waals surface area (Å²) in [7, 11) is 0. The van der Waals surface area contributed by atoms with Gasteiger partial charge in [0.1, 0.15) is 11.6 Å². The third kappa shape index (κ3) is 2.33. The van der Waals surface area contributed by atoms with E-state index in [1.54, 1.807) is 24.5 Å². The Morgan fingerprint density at radius 2 is 2.15 bits per heavy atom. The molecule has 0 radical (unpaired) electrons. The predicted octanol–water partition coefficient (Wildman–Crippen LogP) is 3.08. The van der Waals surface area contributed by atoms with Gasteiger partial charge in [0.05, 0.1) is 17.2 Å². The summed E-state index contributed by atoms with van der Waals surface area (Å²) in [6, 6.07) is 7.04. The minimum Gasteiger partial charge on any atom is -0.508 e. The fraction of sp³-hybridized carbons (Fsp3) is 0.286. The lowest BCUT2D eigenvalue weighted by molar-refractivity contribution is 0.104. The first-order chi connectivity index (χ1) is 13.2. The summed E-state index contributed by atoms with van der Waals surface area (Å²) in [6.45, 7) is 3.79. The number of carbonyl (C=O) groups is 1. The Morgan fingerprint density at radius 3 is 2.93 bits per heavy atom. The molecule has 1 fully saturated rings. The number of phenols is 1. The molecule has 27 heavy (non-hydrogen) atoms. The maximum atomic E-state index is 13.3. The number of aromatic hydroxyl groups is 1. The minimum absolute atomic E-state index is 0.0259. The van der Waals surface area contributed by atoms with Crippen molar-refractivity contribution in [2.24, 2.45) is 0 Å². The van der Waals surface area contributed by atoms with Crippen LogP contribution in [0, 0.1) is 0 Å². The SMILES string of the molecule is CCN(c1nc2cc(O)ccc2c2c1C(=O)c1cnccc1-2)C1CCCN1. The Balaban J connectivity index is 1.84. The van der Waals surface area contributed by atoms with Crippen LogP contribution in [0.4, 0.5) is 5.82 Å². The number of ketones is 1. The van der Waals surface area contributed by atoms with Crippen molar-refractivity contribution in [2.75, 3.05) is 18.0 Å². The van der Waals surface area contributed by atoms with Gasteiger partial charge < -0.3 is 10.0 Å². The number of carbonyl (C=O) groups excluding carboxylic acids is 1. The van der Waals surface area contributed by atoms with E-state index in [0.29, 0.717) is 22.5 Å². The van der Waals surface area contributed by atoms with Gasteiger partial charge in [-0.2, -0.15) is 0 Å². The molecule has 6 heteroatoms. The highest BCUT2D eigenvalue weighted by atomic mass is 16.3.